The number of halogens is 3. The fourth-order valence-corrected chi connectivity index (χ4v) is 2.35. The zero-order valence-corrected chi connectivity index (χ0v) is 14.6. The largest absolute Gasteiger partial charge is 0.378 e. The van der Waals surface area contributed by atoms with Gasteiger partial charge < -0.3 is 20.7 Å². The number of carbonyl (C=O) groups is 2. The summed E-state index contributed by atoms with van der Waals surface area (Å²) in [7, 11) is 0. The van der Waals surface area contributed by atoms with Crippen LogP contribution < -0.4 is 16.0 Å². The number of ether oxygens (including phenoxy) is 1. The minimum atomic E-state index is -0.370. The molecular weight excluding hydrogens is 365 g/mol. The summed E-state index contributed by atoms with van der Waals surface area (Å²) in [6, 6.07) is 4.75. The fourth-order valence-electron chi connectivity index (χ4n) is 2.01. The Morgan fingerprint density at radius 2 is 2.09 bits per heavy atom. The van der Waals surface area contributed by atoms with Gasteiger partial charge in [0.05, 0.1) is 30.5 Å². The van der Waals surface area contributed by atoms with Gasteiger partial charge >= 0.3 is 0 Å². The topological polar surface area (TPSA) is 79.5 Å². The Balaban J connectivity index is 0.00000264. The SMILES string of the molecule is Cl.O=C(CC1COCCN1)NCC(=O)Nc1cc(Cl)ccc1Cl. The van der Waals surface area contributed by atoms with Crippen LogP contribution in [-0.4, -0.2) is 44.2 Å². The molecule has 1 aromatic rings. The van der Waals surface area contributed by atoms with Crippen molar-refractivity contribution in [1.29, 1.82) is 0 Å². The van der Waals surface area contributed by atoms with Crippen LogP contribution in [0, 0.1) is 0 Å². The van der Waals surface area contributed by atoms with Crippen LogP contribution in [0.5, 0.6) is 0 Å². The molecule has 128 valence electrons. The predicted molar refractivity (Wildman–Crippen MR) is 92.6 cm³/mol. The van der Waals surface area contributed by atoms with Crippen LogP contribution in [0.1, 0.15) is 6.42 Å². The van der Waals surface area contributed by atoms with Gasteiger partial charge in [-0.05, 0) is 18.2 Å². The number of amides is 2. The van der Waals surface area contributed by atoms with Gasteiger partial charge in [-0.1, -0.05) is 23.2 Å². The van der Waals surface area contributed by atoms with Crippen molar-refractivity contribution < 1.29 is 14.3 Å². The van der Waals surface area contributed by atoms with E-state index in [1.165, 1.54) is 0 Å². The highest BCUT2D eigenvalue weighted by atomic mass is 35.5. The van der Waals surface area contributed by atoms with Crippen molar-refractivity contribution in [1.82, 2.24) is 10.6 Å². The lowest BCUT2D eigenvalue weighted by atomic mass is 10.2. The van der Waals surface area contributed by atoms with Crippen LogP contribution in [0.3, 0.4) is 0 Å². The van der Waals surface area contributed by atoms with Crippen molar-refractivity contribution in [3.05, 3.63) is 28.2 Å². The van der Waals surface area contributed by atoms with Crippen molar-refractivity contribution in [2.24, 2.45) is 0 Å². The van der Waals surface area contributed by atoms with E-state index in [0.717, 1.165) is 6.54 Å². The van der Waals surface area contributed by atoms with Gasteiger partial charge in [-0.3, -0.25) is 9.59 Å². The average molecular weight is 383 g/mol. The Hall–Kier alpha value is -1.05. The van der Waals surface area contributed by atoms with Crippen molar-refractivity contribution in [3.8, 4) is 0 Å². The summed E-state index contributed by atoms with van der Waals surface area (Å²) >= 11 is 11.8. The highest BCUT2D eigenvalue weighted by Gasteiger charge is 2.17. The summed E-state index contributed by atoms with van der Waals surface area (Å²) in [4.78, 5) is 23.6. The molecule has 2 amide bonds. The van der Waals surface area contributed by atoms with Crippen LogP contribution >= 0.6 is 35.6 Å². The first-order valence-electron chi connectivity index (χ1n) is 6.87. The zero-order valence-electron chi connectivity index (χ0n) is 12.2. The van der Waals surface area contributed by atoms with Crippen molar-refractivity contribution in [2.45, 2.75) is 12.5 Å². The summed E-state index contributed by atoms with van der Waals surface area (Å²) in [6.45, 7) is 1.75. The second-order valence-corrected chi connectivity index (χ2v) is 5.72. The maximum atomic E-state index is 11.8. The van der Waals surface area contributed by atoms with Crippen molar-refractivity contribution >= 4 is 53.1 Å². The summed E-state index contributed by atoms with van der Waals surface area (Å²) in [6.07, 6.45) is 0.269. The lowest BCUT2D eigenvalue weighted by molar-refractivity contribution is -0.125. The molecule has 0 bridgehead atoms. The van der Waals surface area contributed by atoms with Crippen molar-refractivity contribution in [2.75, 3.05) is 31.6 Å². The molecule has 3 N–H and O–H groups in total. The number of hydrogen-bond acceptors (Lipinski definition) is 4. The van der Waals surface area contributed by atoms with E-state index in [4.69, 9.17) is 27.9 Å². The van der Waals surface area contributed by atoms with Crippen LogP contribution in [0.4, 0.5) is 5.69 Å². The quantitative estimate of drug-likeness (QED) is 0.726. The number of morpholine rings is 1. The molecule has 1 fully saturated rings. The smallest absolute Gasteiger partial charge is 0.243 e. The molecule has 1 saturated heterocycles. The third-order valence-corrected chi connectivity index (χ3v) is 3.64. The molecule has 9 heteroatoms. The van der Waals surface area contributed by atoms with Crippen LogP contribution in [0.25, 0.3) is 0 Å². The molecule has 0 aromatic heterocycles. The van der Waals surface area contributed by atoms with Crippen LogP contribution in [-0.2, 0) is 14.3 Å². The highest BCUT2D eigenvalue weighted by molar-refractivity contribution is 6.35. The fraction of sp³-hybridized carbons (Fsp3) is 0.429. The van der Waals surface area contributed by atoms with Crippen molar-refractivity contribution in [3.63, 3.8) is 0 Å². The molecule has 1 aliphatic rings. The van der Waals surface area contributed by atoms with E-state index < -0.39 is 0 Å². The number of benzene rings is 1. The Morgan fingerprint density at radius 1 is 1.30 bits per heavy atom. The summed E-state index contributed by atoms with van der Waals surface area (Å²) in [5, 5.41) is 9.18. The Morgan fingerprint density at radius 3 is 2.78 bits per heavy atom. The number of carbonyl (C=O) groups excluding carboxylic acids is 2. The molecule has 0 aliphatic carbocycles. The van der Waals surface area contributed by atoms with E-state index in [2.05, 4.69) is 16.0 Å². The van der Waals surface area contributed by atoms with Gasteiger partial charge in [-0.15, -0.1) is 12.4 Å². The van der Waals surface area contributed by atoms with E-state index in [0.29, 0.717) is 28.9 Å². The Bertz CT molecular complexity index is 551. The Labute approximate surface area is 150 Å². The summed E-state index contributed by atoms with van der Waals surface area (Å²) in [5.41, 5.74) is 0.413. The predicted octanol–water partition coefficient (Wildman–Crippen LogP) is 1.85. The van der Waals surface area contributed by atoms with Gasteiger partial charge in [0.2, 0.25) is 11.8 Å². The van der Waals surface area contributed by atoms with Gasteiger partial charge in [-0.25, -0.2) is 0 Å². The first-order valence-corrected chi connectivity index (χ1v) is 7.63. The lowest BCUT2D eigenvalue weighted by Crippen LogP contribution is -2.45. The molecule has 0 spiro atoms. The monoisotopic (exact) mass is 381 g/mol. The molecule has 0 saturated carbocycles. The molecule has 2 rings (SSSR count). The van der Waals surface area contributed by atoms with E-state index in [9.17, 15) is 9.59 Å². The van der Waals surface area contributed by atoms with E-state index in [-0.39, 0.29) is 43.2 Å². The molecule has 0 radical (unpaired) electrons. The number of anilines is 1. The average Bonchev–Trinajstić information content (AvgIpc) is 2.50. The maximum Gasteiger partial charge on any atom is 0.243 e. The van der Waals surface area contributed by atoms with Gasteiger partial charge in [0, 0.05) is 24.0 Å². The molecule has 1 aliphatic heterocycles. The Kier molecular flexibility index (Phi) is 8.65. The first-order chi connectivity index (χ1) is 10.5. The normalized spacial score (nSPS) is 17.0. The number of rotatable bonds is 5. The third-order valence-electron chi connectivity index (χ3n) is 3.08. The van der Waals surface area contributed by atoms with E-state index in [1.54, 1.807) is 18.2 Å². The van der Waals surface area contributed by atoms with Gasteiger partial charge in [0.25, 0.3) is 0 Å². The first kappa shape index (κ1) is 20.0. The second kappa shape index (κ2) is 9.95. The molecule has 23 heavy (non-hydrogen) atoms. The molecule has 1 aromatic carbocycles. The molecule has 1 atom stereocenters. The molecule has 1 unspecified atom stereocenters. The minimum Gasteiger partial charge on any atom is -0.378 e. The molecule has 6 nitrogen and oxygen atoms in total. The van der Waals surface area contributed by atoms with Gasteiger partial charge in [0.15, 0.2) is 0 Å². The number of hydrogen-bond donors (Lipinski definition) is 3. The minimum absolute atomic E-state index is 0. The maximum absolute atomic E-state index is 11.8. The van der Waals surface area contributed by atoms with Crippen LogP contribution in [0.15, 0.2) is 18.2 Å². The lowest BCUT2D eigenvalue weighted by Gasteiger charge is -2.23. The van der Waals surface area contributed by atoms with E-state index >= 15 is 0 Å². The van der Waals surface area contributed by atoms with Crippen LogP contribution in [0.2, 0.25) is 10.0 Å². The third kappa shape index (κ3) is 6.93. The standard InChI is InChI=1S/C14H17Cl2N3O3.ClH/c15-9-1-2-11(16)12(5-9)19-14(21)7-18-13(20)6-10-8-22-4-3-17-10;/h1-2,5,10,17H,3-4,6-8H2,(H,18,20)(H,19,21);1H. The zero-order chi connectivity index (χ0) is 15.9. The molecule has 1 heterocycles. The highest BCUT2D eigenvalue weighted by Crippen LogP contribution is 2.25. The second-order valence-electron chi connectivity index (χ2n) is 4.88. The van der Waals surface area contributed by atoms with Gasteiger partial charge in [-0.2, -0.15) is 0 Å². The summed E-state index contributed by atoms with van der Waals surface area (Å²) < 4.78 is 5.26. The summed E-state index contributed by atoms with van der Waals surface area (Å²) in [5.74, 6) is -0.583. The molecular formula is C14H18Cl3N3O3. The van der Waals surface area contributed by atoms with E-state index in [1.807, 2.05) is 0 Å². The van der Waals surface area contributed by atoms with Gasteiger partial charge in [0.1, 0.15) is 0 Å². The number of nitrogens with one attached hydrogen (secondary N) is 3.